The molecule has 1 aliphatic rings. The molecule has 7 heteroatoms. The molecule has 31 heavy (non-hydrogen) atoms. The first-order valence-corrected chi connectivity index (χ1v) is 10.6. The molecular formula is C24H30FNO5. The van der Waals surface area contributed by atoms with E-state index in [2.05, 4.69) is 4.90 Å². The van der Waals surface area contributed by atoms with Crippen LogP contribution in [0.15, 0.2) is 48.5 Å². The molecule has 1 atom stereocenters. The number of hydrogen-bond acceptors (Lipinski definition) is 6. The van der Waals surface area contributed by atoms with Crippen LogP contribution in [0.25, 0.3) is 0 Å². The first kappa shape index (κ1) is 23.0. The van der Waals surface area contributed by atoms with Crippen LogP contribution in [0.4, 0.5) is 4.39 Å². The second-order valence-electron chi connectivity index (χ2n) is 7.72. The summed E-state index contributed by atoms with van der Waals surface area (Å²) < 4.78 is 29.4. The van der Waals surface area contributed by atoms with Crippen molar-refractivity contribution in [3.05, 3.63) is 59.9 Å². The molecule has 0 spiro atoms. The summed E-state index contributed by atoms with van der Waals surface area (Å²) in [7, 11) is 1.37. The van der Waals surface area contributed by atoms with Gasteiger partial charge in [-0.25, -0.2) is 4.39 Å². The summed E-state index contributed by atoms with van der Waals surface area (Å²) in [6, 6.07) is 13.6. The standard InChI is InChI=1S/C24H30FNO5/c1-29-24(28)11-6-18-4-2-3-5-23(18)30-17-20(27)16-26-14-12-22(13-15-26)31-21-9-7-19(25)8-10-21/h2-5,7-10,20,22,27H,6,11-17H2,1H3. The molecule has 1 unspecified atom stereocenters. The minimum atomic E-state index is -0.622. The van der Waals surface area contributed by atoms with Crippen LogP contribution in [0.5, 0.6) is 11.5 Å². The predicted octanol–water partition coefficient (Wildman–Crippen LogP) is 3.21. The van der Waals surface area contributed by atoms with Gasteiger partial charge in [-0.15, -0.1) is 0 Å². The number of piperidine rings is 1. The lowest BCUT2D eigenvalue weighted by atomic mass is 10.1. The van der Waals surface area contributed by atoms with Crippen molar-refractivity contribution < 1.29 is 28.5 Å². The van der Waals surface area contributed by atoms with E-state index in [4.69, 9.17) is 14.2 Å². The Morgan fingerprint density at radius 3 is 2.58 bits per heavy atom. The summed E-state index contributed by atoms with van der Waals surface area (Å²) in [5.74, 6) is 0.821. The Morgan fingerprint density at radius 2 is 1.87 bits per heavy atom. The molecule has 6 nitrogen and oxygen atoms in total. The lowest BCUT2D eigenvalue weighted by Crippen LogP contribution is -2.43. The lowest BCUT2D eigenvalue weighted by Gasteiger charge is -2.33. The number of aliphatic hydroxyl groups is 1. The molecule has 168 valence electrons. The molecule has 2 aromatic rings. The summed E-state index contributed by atoms with van der Waals surface area (Å²) >= 11 is 0. The normalized spacial score (nSPS) is 16.0. The van der Waals surface area contributed by atoms with Gasteiger partial charge in [-0.05, 0) is 55.2 Å². The van der Waals surface area contributed by atoms with Crippen molar-refractivity contribution in [2.75, 3.05) is 33.4 Å². The van der Waals surface area contributed by atoms with Gasteiger partial charge < -0.3 is 24.2 Å². The predicted molar refractivity (Wildman–Crippen MR) is 115 cm³/mol. The number of hydrogen-bond donors (Lipinski definition) is 1. The zero-order valence-corrected chi connectivity index (χ0v) is 17.8. The smallest absolute Gasteiger partial charge is 0.305 e. The van der Waals surface area contributed by atoms with E-state index in [1.807, 2.05) is 24.3 Å². The maximum absolute atomic E-state index is 13.0. The number of rotatable bonds is 10. The van der Waals surface area contributed by atoms with Gasteiger partial charge in [-0.1, -0.05) is 18.2 Å². The van der Waals surface area contributed by atoms with Crippen LogP contribution in [0.1, 0.15) is 24.8 Å². The van der Waals surface area contributed by atoms with Crippen molar-refractivity contribution in [3.8, 4) is 11.5 Å². The minimum absolute atomic E-state index is 0.0943. The largest absolute Gasteiger partial charge is 0.491 e. The third-order valence-electron chi connectivity index (χ3n) is 5.35. The van der Waals surface area contributed by atoms with Gasteiger partial charge in [-0.3, -0.25) is 4.79 Å². The van der Waals surface area contributed by atoms with Crippen LogP contribution in [0, 0.1) is 5.82 Å². The summed E-state index contributed by atoms with van der Waals surface area (Å²) in [5, 5.41) is 10.4. The molecule has 0 aliphatic carbocycles. The van der Waals surface area contributed by atoms with Crippen LogP contribution >= 0.6 is 0 Å². The molecule has 1 aliphatic heterocycles. The van der Waals surface area contributed by atoms with Gasteiger partial charge in [0.05, 0.1) is 7.11 Å². The monoisotopic (exact) mass is 431 g/mol. The topological polar surface area (TPSA) is 68.2 Å². The summed E-state index contributed by atoms with van der Waals surface area (Å²) in [5.41, 5.74) is 0.916. The number of halogens is 1. The summed E-state index contributed by atoms with van der Waals surface area (Å²) in [6.07, 6.45) is 1.98. The number of methoxy groups -OCH3 is 1. The highest BCUT2D eigenvalue weighted by Crippen LogP contribution is 2.21. The minimum Gasteiger partial charge on any atom is -0.491 e. The Kier molecular flexibility index (Phi) is 8.67. The highest BCUT2D eigenvalue weighted by Gasteiger charge is 2.22. The second-order valence-corrected chi connectivity index (χ2v) is 7.72. The highest BCUT2D eigenvalue weighted by molar-refractivity contribution is 5.69. The zero-order chi connectivity index (χ0) is 22.1. The van der Waals surface area contributed by atoms with E-state index in [9.17, 15) is 14.3 Å². The van der Waals surface area contributed by atoms with E-state index in [0.29, 0.717) is 24.5 Å². The molecule has 1 fully saturated rings. The quantitative estimate of drug-likeness (QED) is 0.583. The SMILES string of the molecule is COC(=O)CCc1ccccc1OCC(O)CN1CCC(Oc2ccc(F)cc2)CC1. The number of para-hydroxylation sites is 1. The van der Waals surface area contributed by atoms with Gasteiger partial charge >= 0.3 is 5.97 Å². The third kappa shape index (κ3) is 7.52. The van der Waals surface area contributed by atoms with Crippen molar-refractivity contribution in [1.29, 1.82) is 0 Å². The van der Waals surface area contributed by atoms with Crippen LogP contribution in [0.3, 0.4) is 0 Å². The molecule has 1 N–H and O–H groups in total. The van der Waals surface area contributed by atoms with Gasteiger partial charge in [0.2, 0.25) is 0 Å². The van der Waals surface area contributed by atoms with Gasteiger partial charge in [0, 0.05) is 26.1 Å². The van der Waals surface area contributed by atoms with Crippen molar-refractivity contribution in [3.63, 3.8) is 0 Å². The highest BCUT2D eigenvalue weighted by atomic mass is 19.1. The van der Waals surface area contributed by atoms with Crippen molar-refractivity contribution >= 4 is 5.97 Å². The molecule has 0 radical (unpaired) electrons. The number of esters is 1. The number of carbonyl (C=O) groups is 1. The Balaban J connectivity index is 1.39. The van der Waals surface area contributed by atoms with Gasteiger partial charge in [0.1, 0.15) is 36.1 Å². The van der Waals surface area contributed by atoms with Crippen LogP contribution < -0.4 is 9.47 Å². The van der Waals surface area contributed by atoms with Gasteiger partial charge in [0.25, 0.3) is 0 Å². The van der Waals surface area contributed by atoms with Crippen LogP contribution in [-0.4, -0.2) is 61.5 Å². The molecule has 1 heterocycles. The molecular weight excluding hydrogens is 401 g/mol. The second kappa shape index (κ2) is 11.7. The van der Waals surface area contributed by atoms with Crippen molar-refractivity contribution in [1.82, 2.24) is 4.90 Å². The summed E-state index contributed by atoms with van der Waals surface area (Å²) in [6.45, 7) is 2.34. The molecule has 1 saturated heterocycles. The van der Waals surface area contributed by atoms with E-state index in [0.717, 1.165) is 31.5 Å². The Hall–Kier alpha value is -2.64. The molecule has 2 aromatic carbocycles. The number of nitrogens with zero attached hydrogens (tertiary/aromatic N) is 1. The third-order valence-corrected chi connectivity index (χ3v) is 5.35. The Morgan fingerprint density at radius 1 is 1.16 bits per heavy atom. The summed E-state index contributed by atoms with van der Waals surface area (Å²) in [4.78, 5) is 13.6. The average Bonchev–Trinajstić information content (AvgIpc) is 2.79. The number of benzene rings is 2. The first-order valence-electron chi connectivity index (χ1n) is 10.6. The molecule has 0 bridgehead atoms. The fourth-order valence-electron chi connectivity index (χ4n) is 3.64. The first-order chi connectivity index (χ1) is 15.0. The van der Waals surface area contributed by atoms with Gasteiger partial charge in [-0.2, -0.15) is 0 Å². The van der Waals surface area contributed by atoms with Crippen LogP contribution in [-0.2, 0) is 16.0 Å². The van der Waals surface area contributed by atoms with E-state index in [1.165, 1.54) is 19.2 Å². The van der Waals surface area contributed by atoms with E-state index in [-0.39, 0.29) is 30.9 Å². The maximum Gasteiger partial charge on any atom is 0.305 e. The zero-order valence-electron chi connectivity index (χ0n) is 17.8. The van der Waals surface area contributed by atoms with Crippen LogP contribution in [0.2, 0.25) is 0 Å². The van der Waals surface area contributed by atoms with Crippen molar-refractivity contribution in [2.45, 2.75) is 37.9 Å². The van der Waals surface area contributed by atoms with E-state index >= 15 is 0 Å². The van der Waals surface area contributed by atoms with E-state index < -0.39 is 6.10 Å². The molecule has 0 aromatic heterocycles. The van der Waals surface area contributed by atoms with Crippen molar-refractivity contribution in [2.24, 2.45) is 0 Å². The Bertz CT molecular complexity index is 821. The number of ether oxygens (including phenoxy) is 3. The molecule has 3 rings (SSSR count). The average molecular weight is 432 g/mol. The fraction of sp³-hybridized carbons (Fsp3) is 0.458. The Labute approximate surface area is 182 Å². The number of likely N-dealkylation sites (tertiary alicyclic amines) is 1. The molecule has 0 saturated carbocycles. The number of carbonyl (C=O) groups excluding carboxylic acids is 1. The lowest BCUT2D eigenvalue weighted by molar-refractivity contribution is -0.140. The molecule has 0 amide bonds. The number of β-amino-alcohol motifs (C(OH)–C–C–N with tert-alkyl or cyclic N) is 1. The fourth-order valence-corrected chi connectivity index (χ4v) is 3.64. The number of aryl methyl sites for hydroxylation is 1. The maximum atomic E-state index is 13.0. The van der Waals surface area contributed by atoms with Gasteiger partial charge in [0.15, 0.2) is 0 Å². The van der Waals surface area contributed by atoms with E-state index in [1.54, 1.807) is 12.1 Å². The number of aliphatic hydroxyl groups excluding tert-OH is 1.